The van der Waals surface area contributed by atoms with Crippen molar-refractivity contribution in [3.8, 4) is 0 Å². The zero-order chi connectivity index (χ0) is 12.5. The second kappa shape index (κ2) is 5.17. The maximum atomic E-state index is 12.6. The zero-order valence-corrected chi connectivity index (χ0v) is 11.0. The fourth-order valence-electron chi connectivity index (χ4n) is 3.37. The van der Waals surface area contributed by atoms with E-state index in [0.717, 1.165) is 38.8 Å². The Hall–Kier alpha value is -0.610. The van der Waals surface area contributed by atoms with Crippen molar-refractivity contribution >= 4 is 5.91 Å². The number of morpholine rings is 1. The number of carbonyl (C=O) groups excluding carboxylic acids is 1. The van der Waals surface area contributed by atoms with E-state index < -0.39 is 0 Å². The molecule has 4 heteroatoms. The van der Waals surface area contributed by atoms with E-state index in [9.17, 15) is 4.79 Å². The molecule has 0 spiro atoms. The van der Waals surface area contributed by atoms with Crippen LogP contribution in [0.2, 0.25) is 0 Å². The molecule has 0 aromatic rings. The summed E-state index contributed by atoms with van der Waals surface area (Å²) in [6.07, 6.45) is 6.52. The average Bonchev–Trinajstić information content (AvgIpc) is 3.23. The molecule has 2 saturated carbocycles. The molecule has 18 heavy (non-hydrogen) atoms. The number of ether oxygens (including phenoxy) is 1. The molecule has 1 atom stereocenters. The van der Waals surface area contributed by atoms with Crippen LogP contribution in [0, 0.1) is 11.8 Å². The fraction of sp³-hybridized carbons (Fsp3) is 0.929. The number of carbonyl (C=O) groups is 1. The predicted molar refractivity (Wildman–Crippen MR) is 69.0 cm³/mol. The van der Waals surface area contributed by atoms with Gasteiger partial charge in [0, 0.05) is 18.5 Å². The van der Waals surface area contributed by atoms with Crippen molar-refractivity contribution < 1.29 is 9.53 Å². The first-order valence-electron chi connectivity index (χ1n) is 7.39. The summed E-state index contributed by atoms with van der Waals surface area (Å²) in [7, 11) is 0. The molecule has 0 radical (unpaired) electrons. The SMILES string of the molecule is N[C@H]1CC[C@H](C(=O)N2CCOC[C@@H]2C2CC2)CC1. The van der Waals surface area contributed by atoms with Gasteiger partial charge in [-0.2, -0.15) is 0 Å². The average molecular weight is 252 g/mol. The highest BCUT2D eigenvalue weighted by Crippen LogP contribution is 2.37. The molecule has 2 N–H and O–H groups in total. The number of hydrogen-bond acceptors (Lipinski definition) is 3. The van der Waals surface area contributed by atoms with E-state index in [1.165, 1.54) is 12.8 Å². The van der Waals surface area contributed by atoms with E-state index >= 15 is 0 Å². The Kier molecular flexibility index (Phi) is 3.57. The molecular weight excluding hydrogens is 228 g/mol. The van der Waals surface area contributed by atoms with Crippen LogP contribution in [0.15, 0.2) is 0 Å². The van der Waals surface area contributed by atoms with Crippen LogP contribution < -0.4 is 5.73 Å². The lowest BCUT2D eigenvalue weighted by Crippen LogP contribution is -2.52. The van der Waals surface area contributed by atoms with Crippen molar-refractivity contribution in [3.05, 3.63) is 0 Å². The van der Waals surface area contributed by atoms with Gasteiger partial charge in [-0.05, 0) is 44.4 Å². The zero-order valence-electron chi connectivity index (χ0n) is 11.0. The molecule has 3 aliphatic rings. The minimum absolute atomic E-state index is 0.226. The molecule has 1 saturated heterocycles. The Balaban J connectivity index is 1.62. The fourth-order valence-corrected chi connectivity index (χ4v) is 3.37. The Bertz CT molecular complexity index is 309. The number of nitrogens with zero attached hydrogens (tertiary/aromatic N) is 1. The summed E-state index contributed by atoms with van der Waals surface area (Å²) in [6.45, 7) is 2.26. The summed E-state index contributed by atoms with van der Waals surface area (Å²) in [4.78, 5) is 14.8. The van der Waals surface area contributed by atoms with Gasteiger partial charge in [0.15, 0.2) is 0 Å². The van der Waals surface area contributed by atoms with Gasteiger partial charge >= 0.3 is 0 Å². The molecule has 0 bridgehead atoms. The van der Waals surface area contributed by atoms with Crippen molar-refractivity contribution in [2.24, 2.45) is 17.6 Å². The van der Waals surface area contributed by atoms with Gasteiger partial charge in [0.1, 0.15) is 0 Å². The van der Waals surface area contributed by atoms with Gasteiger partial charge in [-0.3, -0.25) is 4.79 Å². The molecule has 102 valence electrons. The third-order valence-electron chi connectivity index (χ3n) is 4.74. The predicted octanol–water partition coefficient (Wildman–Crippen LogP) is 1.14. The van der Waals surface area contributed by atoms with E-state index in [2.05, 4.69) is 4.90 Å². The van der Waals surface area contributed by atoms with Crippen LogP contribution >= 0.6 is 0 Å². The van der Waals surface area contributed by atoms with Crippen molar-refractivity contribution in [1.82, 2.24) is 4.90 Å². The van der Waals surface area contributed by atoms with Crippen LogP contribution in [-0.2, 0) is 9.53 Å². The van der Waals surface area contributed by atoms with Crippen molar-refractivity contribution in [2.75, 3.05) is 19.8 Å². The Labute approximate surface area is 109 Å². The lowest BCUT2D eigenvalue weighted by atomic mass is 9.85. The minimum atomic E-state index is 0.226. The third kappa shape index (κ3) is 2.54. The summed E-state index contributed by atoms with van der Waals surface area (Å²) in [6, 6.07) is 0.680. The molecule has 3 fully saturated rings. The normalized spacial score (nSPS) is 37.6. The summed E-state index contributed by atoms with van der Waals surface area (Å²) in [5.41, 5.74) is 5.92. The van der Waals surface area contributed by atoms with Crippen LogP contribution in [0.5, 0.6) is 0 Å². The monoisotopic (exact) mass is 252 g/mol. The van der Waals surface area contributed by atoms with Gasteiger partial charge in [0.2, 0.25) is 5.91 Å². The van der Waals surface area contributed by atoms with E-state index in [1.54, 1.807) is 0 Å². The smallest absolute Gasteiger partial charge is 0.226 e. The lowest BCUT2D eigenvalue weighted by molar-refractivity contribution is -0.146. The van der Waals surface area contributed by atoms with E-state index in [1.807, 2.05) is 0 Å². The molecule has 3 rings (SSSR count). The number of rotatable bonds is 2. The van der Waals surface area contributed by atoms with Crippen molar-refractivity contribution in [1.29, 1.82) is 0 Å². The van der Waals surface area contributed by atoms with Crippen molar-refractivity contribution in [2.45, 2.75) is 50.6 Å². The summed E-state index contributed by atoms with van der Waals surface area (Å²) < 4.78 is 5.55. The highest BCUT2D eigenvalue weighted by molar-refractivity contribution is 5.79. The highest BCUT2D eigenvalue weighted by Gasteiger charge is 2.41. The van der Waals surface area contributed by atoms with Gasteiger partial charge < -0.3 is 15.4 Å². The van der Waals surface area contributed by atoms with E-state index in [-0.39, 0.29) is 5.92 Å². The van der Waals surface area contributed by atoms with Gasteiger partial charge in [0.05, 0.1) is 19.3 Å². The standard InChI is InChI=1S/C14H24N2O2/c15-12-5-3-11(4-6-12)14(17)16-7-8-18-9-13(16)10-1-2-10/h10-13H,1-9,15H2/t11-,12-,13-/m1/s1. The minimum Gasteiger partial charge on any atom is -0.377 e. The van der Waals surface area contributed by atoms with Gasteiger partial charge in [0.25, 0.3) is 0 Å². The van der Waals surface area contributed by atoms with Crippen LogP contribution in [0.25, 0.3) is 0 Å². The van der Waals surface area contributed by atoms with Gasteiger partial charge in [-0.25, -0.2) is 0 Å². The largest absolute Gasteiger partial charge is 0.377 e. The first kappa shape index (κ1) is 12.4. The first-order valence-corrected chi connectivity index (χ1v) is 7.39. The molecule has 0 aromatic heterocycles. The molecule has 0 aromatic carbocycles. The molecule has 1 amide bonds. The van der Waals surface area contributed by atoms with Gasteiger partial charge in [-0.15, -0.1) is 0 Å². The Morgan fingerprint density at radius 2 is 1.83 bits per heavy atom. The molecule has 1 heterocycles. The lowest BCUT2D eigenvalue weighted by Gasteiger charge is -2.39. The molecule has 1 aliphatic heterocycles. The molecular formula is C14H24N2O2. The number of hydrogen-bond donors (Lipinski definition) is 1. The van der Waals surface area contributed by atoms with Crippen LogP contribution in [0.1, 0.15) is 38.5 Å². The van der Waals surface area contributed by atoms with Gasteiger partial charge in [-0.1, -0.05) is 0 Å². The second-order valence-electron chi connectivity index (χ2n) is 6.12. The third-order valence-corrected chi connectivity index (χ3v) is 4.74. The summed E-state index contributed by atoms with van der Waals surface area (Å²) in [5, 5.41) is 0. The van der Waals surface area contributed by atoms with Crippen molar-refractivity contribution in [3.63, 3.8) is 0 Å². The number of nitrogens with two attached hydrogens (primary N) is 1. The summed E-state index contributed by atoms with van der Waals surface area (Å²) >= 11 is 0. The highest BCUT2D eigenvalue weighted by atomic mass is 16.5. The van der Waals surface area contributed by atoms with E-state index in [0.29, 0.717) is 30.5 Å². The molecule has 2 aliphatic carbocycles. The summed E-state index contributed by atoms with van der Waals surface area (Å²) in [5.74, 6) is 1.31. The van der Waals surface area contributed by atoms with E-state index in [4.69, 9.17) is 10.5 Å². The Morgan fingerprint density at radius 3 is 2.50 bits per heavy atom. The Morgan fingerprint density at radius 1 is 1.11 bits per heavy atom. The van der Waals surface area contributed by atoms with Crippen LogP contribution in [-0.4, -0.2) is 42.6 Å². The quantitative estimate of drug-likeness (QED) is 0.802. The number of amides is 1. The molecule has 4 nitrogen and oxygen atoms in total. The van der Waals surface area contributed by atoms with Crippen LogP contribution in [0.4, 0.5) is 0 Å². The van der Waals surface area contributed by atoms with Crippen LogP contribution in [0.3, 0.4) is 0 Å². The second-order valence-corrected chi connectivity index (χ2v) is 6.12. The topological polar surface area (TPSA) is 55.6 Å². The molecule has 0 unspecified atom stereocenters. The maximum absolute atomic E-state index is 12.6. The first-order chi connectivity index (χ1) is 8.75. The maximum Gasteiger partial charge on any atom is 0.226 e.